The zero-order valence-electron chi connectivity index (χ0n) is 12.6. The van der Waals surface area contributed by atoms with Crippen molar-refractivity contribution in [2.75, 3.05) is 27.5 Å². The fourth-order valence-corrected chi connectivity index (χ4v) is 3.00. The summed E-state index contributed by atoms with van der Waals surface area (Å²) in [6.45, 7) is 3.95. The van der Waals surface area contributed by atoms with Crippen molar-refractivity contribution in [1.29, 1.82) is 0 Å². The third-order valence-electron chi connectivity index (χ3n) is 3.99. The Bertz CT molecular complexity index is 586. The van der Waals surface area contributed by atoms with Crippen LogP contribution in [0.2, 0.25) is 0 Å². The van der Waals surface area contributed by atoms with Gasteiger partial charge in [-0.25, -0.2) is 0 Å². The first-order chi connectivity index (χ1) is 10.1. The normalized spacial score (nSPS) is 16.5. The van der Waals surface area contributed by atoms with Crippen LogP contribution in [0.15, 0.2) is 0 Å². The van der Waals surface area contributed by atoms with Crippen LogP contribution in [0.4, 0.5) is 0 Å². The Morgan fingerprint density at radius 1 is 1.33 bits per heavy atom. The minimum atomic E-state index is -0.0554. The largest absolute Gasteiger partial charge is 0.492 e. The van der Waals surface area contributed by atoms with E-state index in [9.17, 15) is 4.79 Å². The summed E-state index contributed by atoms with van der Waals surface area (Å²) in [4.78, 5) is 13.5. The third-order valence-corrected chi connectivity index (χ3v) is 3.99. The molecule has 2 aliphatic rings. The van der Waals surface area contributed by atoms with Crippen LogP contribution in [0, 0.1) is 0 Å². The van der Waals surface area contributed by atoms with Crippen LogP contribution in [0.1, 0.15) is 23.6 Å². The lowest BCUT2D eigenvalue weighted by atomic mass is 9.92. The lowest BCUT2D eigenvalue weighted by molar-refractivity contribution is -0.119. The van der Waals surface area contributed by atoms with Gasteiger partial charge < -0.3 is 24.4 Å². The van der Waals surface area contributed by atoms with E-state index in [2.05, 4.69) is 17.3 Å². The minimum Gasteiger partial charge on any atom is -0.492 e. The van der Waals surface area contributed by atoms with Crippen LogP contribution in [0.5, 0.6) is 17.2 Å². The fourth-order valence-electron chi connectivity index (χ4n) is 3.00. The summed E-state index contributed by atoms with van der Waals surface area (Å²) in [6, 6.07) is 0. The van der Waals surface area contributed by atoms with E-state index in [-0.39, 0.29) is 12.7 Å². The average Bonchev–Trinajstić information content (AvgIpc) is 2.92. The molecule has 21 heavy (non-hydrogen) atoms. The molecule has 114 valence electrons. The Balaban J connectivity index is 2.12. The number of carbonyl (C=O) groups is 1. The molecule has 0 radical (unpaired) electrons. The molecule has 0 fully saturated rings. The highest BCUT2D eigenvalue weighted by Gasteiger charge is 2.32. The molecule has 0 saturated heterocycles. The van der Waals surface area contributed by atoms with E-state index in [0.29, 0.717) is 18.0 Å². The smallest absolute Gasteiger partial charge is 0.231 e. The SMILES string of the molecule is COc1c2c(c(CNC(C)=O)c3c1OCO3)CCN(C)C2. The van der Waals surface area contributed by atoms with Gasteiger partial charge >= 0.3 is 0 Å². The van der Waals surface area contributed by atoms with E-state index in [4.69, 9.17) is 14.2 Å². The van der Waals surface area contributed by atoms with Crippen molar-refractivity contribution in [3.8, 4) is 17.2 Å². The van der Waals surface area contributed by atoms with Gasteiger partial charge in [0.05, 0.1) is 7.11 Å². The highest BCUT2D eigenvalue weighted by atomic mass is 16.7. The average molecular weight is 292 g/mol. The van der Waals surface area contributed by atoms with Crippen molar-refractivity contribution in [2.24, 2.45) is 0 Å². The standard InChI is InChI=1S/C15H20N2O4/c1-9(18)16-6-11-10-4-5-17(2)7-12(10)13(19-3)15-14(11)20-8-21-15/h4-8H2,1-3H3,(H,16,18). The molecule has 1 aromatic carbocycles. The van der Waals surface area contributed by atoms with Gasteiger partial charge in [-0.1, -0.05) is 0 Å². The second-order valence-electron chi connectivity index (χ2n) is 5.43. The van der Waals surface area contributed by atoms with Gasteiger partial charge in [0.2, 0.25) is 18.4 Å². The van der Waals surface area contributed by atoms with Crippen molar-refractivity contribution in [2.45, 2.75) is 26.4 Å². The van der Waals surface area contributed by atoms with E-state index < -0.39 is 0 Å². The van der Waals surface area contributed by atoms with Crippen molar-refractivity contribution in [3.63, 3.8) is 0 Å². The zero-order valence-corrected chi connectivity index (χ0v) is 12.6. The zero-order chi connectivity index (χ0) is 15.0. The molecule has 3 rings (SSSR count). The fraction of sp³-hybridized carbons (Fsp3) is 0.533. The Morgan fingerprint density at radius 2 is 2.10 bits per heavy atom. The molecule has 6 nitrogen and oxygen atoms in total. The Hall–Kier alpha value is -1.95. The number of benzene rings is 1. The number of amides is 1. The molecule has 6 heteroatoms. The molecule has 1 amide bonds. The number of nitrogens with one attached hydrogen (secondary N) is 1. The second kappa shape index (κ2) is 5.44. The maximum Gasteiger partial charge on any atom is 0.231 e. The van der Waals surface area contributed by atoms with Crippen LogP contribution in [0.3, 0.4) is 0 Å². The van der Waals surface area contributed by atoms with Gasteiger partial charge in [0, 0.05) is 37.7 Å². The summed E-state index contributed by atoms with van der Waals surface area (Å²) in [7, 11) is 3.74. The predicted octanol–water partition coefficient (Wildman–Crippen LogP) is 1.05. The molecule has 1 N–H and O–H groups in total. The first-order valence-corrected chi connectivity index (χ1v) is 7.05. The molecular formula is C15H20N2O4. The highest BCUT2D eigenvalue weighted by molar-refractivity contribution is 5.73. The molecule has 0 aromatic heterocycles. The Labute approximate surface area is 124 Å². The molecule has 0 unspecified atom stereocenters. The lowest BCUT2D eigenvalue weighted by Gasteiger charge is -2.29. The predicted molar refractivity (Wildman–Crippen MR) is 76.7 cm³/mol. The van der Waals surface area contributed by atoms with Gasteiger partial charge in [-0.15, -0.1) is 0 Å². The summed E-state index contributed by atoms with van der Waals surface area (Å²) in [6.07, 6.45) is 0.910. The number of hydrogen-bond acceptors (Lipinski definition) is 5. The number of fused-ring (bicyclic) bond motifs is 2. The maximum absolute atomic E-state index is 11.2. The monoisotopic (exact) mass is 292 g/mol. The van der Waals surface area contributed by atoms with Crippen LogP contribution < -0.4 is 19.5 Å². The number of rotatable bonds is 3. The van der Waals surface area contributed by atoms with Crippen molar-refractivity contribution in [1.82, 2.24) is 10.2 Å². The second-order valence-corrected chi connectivity index (χ2v) is 5.43. The summed E-state index contributed by atoms with van der Waals surface area (Å²) in [5.41, 5.74) is 3.36. The van der Waals surface area contributed by atoms with Gasteiger partial charge in [0.1, 0.15) is 0 Å². The van der Waals surface area contributed by atoms with E-state index in [1.807, 2.05) is 0 Å². The highest BCUT2D eigenvalue weighted by Crippen LogP contribution is 2.49. The van der Waals surface area contributed by atoms with E-state index >= 15 is 0 Å². The summed E-state index contributed by atoms with van der Waals surface area (Å²) in [5.74, 6) is 2.08. The van der Waals surface area contributed by atoms with Crippen LogP contribution in [-0.4, -0.2) is 38.3 Å². The first kappa shape index (κ1) is 14.0. The molecule has 2 heterocycles. The van der Waals surface area contributed by atoms with Crippen LogP contribution >= 0.6 is 0 Å². The number of carbonyl (C=O) groups excluding carboxylic acids is 1. The Kier molecular flexibility index (Phi) is 3.63. The minimum absolute atomic E-state index is 0.0554. The van der Waals surface area contributed by atoms with E-state index in [1.165, 1.54) is 12.5 Å². The topological polar surface area (TPSA) is 60.0 Å². The van der Waals surface area contributed by atoms with Crippen molar-refractivity contribution in [3.05, 3.63) is 16.7 Å². The molecule has 1 aromatic rings. The van der Waals surface area contributed by atoms with Crippen LogP contribution in [0.25, 0.3) is 0 Å². The number of nitrogens with zero attached hydrogens (tertiary/aromatic N) is 1. The number of methoxy groups -OCH3 is 1. The summed E-state index contributed by atoms with van der Waals surface area (Å²) in [5, 5.41) is 2.86. The van der Waals surface area contributed by atoms with Gasteiger partial charge in [-0.05, 0) is 19.0 Å². The van der Waals surface area contributed by atoms with Gasteiger partial charge in [0.15, 0.2) is 11.5 Å². The van der Waals surface area contributed by atoms with E-state index in [0.717, 1.165) is 36.4 Å². The molecule has 0 atom stereocenters. The Morgan fingerprint density at radius 3 is 2.81 bits per heavy atom. The molecule has 0 bridgehead atoms. The molecular weight excluding hydrogens is 272 g/mol. The third kappa shape index (κ3) is 2.40. The number of likely N-dealkylation sites (N-methyl/N-ethyl adjacent to an activating group) is 1. The lowest BCUT2D eigenvalue weighted by Crippen LogP contribution is -2.29. The van der Waals surface area contributed by atoms with Gasteiger partial charge in [-0.2, -0.15) is 0 Å². The van der Waals surface area contributed by atoms with E-state index in [1.54, 1.807) is 7.11 Å². The molecule has 2 aliphatic heterocycles. The molecule has 0 spiro atoms. The quantitative estimate of drug-likeness (QED) is 0.902. The number of ether oxygens (including phenoxy) is 3. The van der Waals surface area contributed by atoms with Crippen molar-refractivity contribution < 1.29 is 19.0 Å². The maximum atomic E-state index is 11.2. The number of hydrogen-bond donors (Lipinski definition) is 1. The molecule has 0 saturated carbocycles. The molecule has 0 aliphatic carbocycles. The van der Waals surface area contributed by atoms with Crippen LogP contribution in [-0.2, 0) is 24.3 Å². The first-order valence-electron chi connectivity index (χ1n) is 7.05. The summed E-state index contributed by atoms with van der Waals surface area (Å²) < 4.78 is 16.8. The van der Waals surface area contributed by atoms with Gasteiger partial charge in [-0.3, -0.25) is 4.79 Å². The summed E-state index contributed by atoms with van der Waals surface area (Å²) >= 11 is 0. The van der Waals surface area contributed by atoms with Gasteiger partial charge in [0.25, 0.3) is 0 Å². The van der Waals surface area contributed by atoms with Crippen molar-refractivity contribution >= 4 is 5.91 Å².